The van der Waals surface area contributed by atoms with Crippen molar-refractivity contribution in [2.75, 3.05) is 27.3 Å². The summed E-state index contributed by atoms with van der Waals surface area (Å²) in [5.74, 6) is -0.806. The molecule has 56 heavy (non-hydrogen) atoms. The molecular weight excluding hydrogens is 749 g/mol. The number of carbonyl (C=O) groups excluding carboxylic acids is 1. The average Bonchev–Trinajstić information content (AvgIpc) is 3.38. The number of aliphatic carboxylic acids is 1. The molecule has 2 aliphatic carbocycles. The first-order valence-electron chi connectivity index (χ1n) is 18.8. The molecule has 2 aliphatic heterocycles. The summed E-state index contributed by atoms with van der Waals surface area (Å²) < 4.78 is 61.2. The minimum Gasteiger partial charge on any atom is -0.496 e. The Morgan fingerprint density at radius 1 is 1.00 bits per heavy atom. The first-order chi connectivity index (χ1) is 26.9. The van der Waals surface area contributed by atoms with Crippen LogP contribution < -0.4 is 24.8 Å². The highest BCUT2D eigenvalue weighted by atomic mass is 35.5. The zero-order valence-corrected chi connectivity index (χ0v) is 31.7. The molecule has 4 atom stereocenters. The van der Waals surface area contributed by atoms with Crippen molar-refractivity contribution in [2.24, 2.45) is 5.92 Å². The molecular formula is C42H42ClF3N4O6. The molecule has 1 amide bonds. The number of carbonyl (C=O) groups is 2. The van der Waals surface area contributed by atoms with Crippen molar-refractivity contribution in [1.29, 1.82) is 0 Å². The van der Waals surface area contributed by atoms with Crippen LogP contribution in [0.25, 0.3) is 22.3 Å². The summed E-state index contributed by atoms with van der Waals surface area (Å²) in [4.78, 5) is 29.6. The number of likely N-dealkylation sites (tertiary alicyclic amines) is 1. The van der Waals surface area contributed by atoms with Gasteiger partial charge in [-0.3, -0.25) is 14.5 Å². The van der Waals surface area contributed by atoms with E-state index in [2.05, 4.69) is 15.6 Å². The van der Waals surface area contributed by atoms with Gasteiger partial charge in [-0.1, -0.05) is 60.1 Å². The van der Waals surface area contributed by atoms with Crippen LogP contribution in [-0.2, 0) is 35.3 Å². The topological polar surface area (TPSA) is 122 Å². The van der Waals surface area contributed by atoms with Crippen LogP contribution in [0.4, 0.5) is 13.2 Å². The molecule has 3 fully saturated rings. The number of hydrogen-bond acceptors (Lipinski definition) is 8. The van der Waals surface area contributed by atoms with E-state index in [-0.39, 0.29) is 35.9 Å². The fourth-order valence-electron chi connectivity index (χ4n) is 8.84. The van der Waals surface area contributed by atoms with Crippen LogP contribution in [0, 0.1) is 5.92 Å². The number of rotatable bonds is 13. The van der Waals surface area contributed by atoms with E-state index in [0.717, 1.165) is 51.4 Å². The van der Waals surface area contributed by atoms with E-state index >= 15 is 0 Å². The number of aromatic nitrogens is 1. The number of carboxylic acids is 1. The van der Waals surface area contributed by atoms with E-state index in [9.17, 15) is 27.9 Å². The molecule has 4 aromatic rings. The molecule has 1 aromatic heterocycles. The van der Waals surface area contributed by atoms with Gasteiger partial charge < -0.3 is 30.0 Å². The molecule has 4 aliphatic rings. The average molecular weight is 791 g/mol. The zero-order chi connectivity index (χ0) is 39.4. The van der Waals surface area contributed by atoms with Gasteiger partial charge in [-0.05, 0) is 79.0 Å². The summed E-state index contributed by atoms with van der Waals surface area (Å²) in [6.07, 6.45) is -2.02. The second kappa shape index (κ2) is 14.9. The Hall–Kier alpha value is -4.85. The van der Waals surface area contributed by atoms with Crippen LogP contribution in [0.2, 0.25) is 5.02 Å². The molecule has 0 unspecified atom stereocenters. The van der Waals surface area contributed by atoms with Gasteiger partial charge in [0.25, 0.3) is 0 Å². The van der Waals surface area contributed by atoms with Crippen molar-refractivity contribution in [2.45, 2.75) is 75.5 Å². The van der Waals surface area contributed by atoms with E-state index < -0.39 is 35.2 Å². The van der Waals surface area contributed by atoms with Crippen molar-refractivity contribution in [3.8, 4) is 39.8 Å². The van der Waals surface area contributed by atoms with Gasteiger partial charge in [0.15, 0.2) is 0 Å². The molecule has 8 rings (SSSR count). The summed E-state index contributed by atoms with van der Waals surface area (Å²) in [5.41, 5.74) is 4.01. The van der Waals surface area contributed by atoms with Crippen molar-refractivity contribution >= 4 is 23.5 Å². The minimum absolute atomic E-state index is 0.00349. The van der Waals surface area contributed by atoms with Crippen LogP contribution in [-0.4, -0.2) is 65.8 Å². The van der Waals surface area contributed by atoms with E-state index in [1.165, 1.54) is 7.11 Å². The molecule has 14 heteroatoms. The van der Waals surface area contributed by atoms with Gasteiger partial charge in [0, 0.05) is 54.4 Å². The largest absolute Gasteiger partial charge is 0.496 e. The molecule has 0 spiro atoms. The summed E-state index contributed by atoms with van der Waals surface area (Å²) in [6, 6.07) is 18.5. The fourth-order valence-corrected chi connectivity index (χ4v) is 9.18. The third-order valence-electron chi connectivity index (χ3n) is 11.8. The number of nitrogens with zero attached hydrogens (tertiary/aromatic N) is 2. The first-order valence-corrected chi connectivity index (χ1v) is 19.2. The fraction of sp³-hybridized carbons (Fsp3) is 0.405. The predicted octanol–water partition coefficient (Wildman–Crippen LogP) is 7.59. The predicted molar refractivity (Wildman–Crippen MR) is 203 cm³/mol. The second-order valence-electron chi connectivity index (χ2n) is 15.0. The smallest absolute Gasteiger partial charge is 0.421 e. The number of ether oxygens (including phenoxy) is 3. The lowest BCUT2D eigenvalue weighted by molar-refractivity contribution is -0.145. The monoisotopic (exact) mass is 790 g/mol. The maximum Gasteiger partial charge on any atom is 0.421 e. The van der Waals surface area contributed by atoms with Crippen LogP contribution in [0.15, 0.2) is 60.7 Å². The standard InChI is InChI=1S/C42H42ClF3N4O6/c1-54-35-18-23(9-10-24(35)20-47-21-27-11-14-36(51)48-27)28-5-3-8-32(37(28)43)29-6-4-7-31-30(29)12-13-34(31)56-39-33(42(44,45)46)17-25(38(49-39)55-2)22-50-16-15-26-19-41(26,50)40(52)53/h3-10,17-18,26-27,34,47H,11-16,19-22H2,1-2H3,(H,48,51)(H,52,53)/t26-,27+,34+,41+/m1/s1. The quantitative estimate of drug-likeness (QED) is 0.126. The van der Waals surface area contributed by atoms with Crippen molar-refractivity contribution < 1.29 is 42.1 Å². The first kappa shape index (κ1) is 38.0. The highest BCUT2D eigenvalue weighted by molar-refractivity contribution is 6.36. The summed E-state index contributed by atoms with van der Waals surface area (Å²) in [7, 11) is 2.95. The number of amides is 1. The number of hydrogen-bond donors (Lipinski definition) is 3. The Bertz CT molecular complexity index is 2200. The summed E-state index contributed by atoms with van der Waals surface area (Å²) in [6.45, 7) is 1.66. The highest BCUT2D eigenvalue weighted by Crippen LogP contribution is 2.56. The Kier molecular flexibility index (Phi) is 10.1. The summed E-state index contributed by atoms with van der Waals surface area (Å²) in [5, 5.41) is 16.8. The van der Waals surface area contributed by atoms with Crippen LogP contribution in [0.5, 0.6) is 17.5 Å². The van der Waals surface area contributed by atoms with Crippen molar-refractivity contribution in [1.82, 2.24) is 20.5 Å². The number of nitrogens with one attached hydrogen (secondary N) is 2. The lowest BCUT2D eigenvalue weighted by Crippen LogP contribution is -2.41. The molecule has 3 heterocycles. The lowest BCUT2D eigenvalue weighted by Gasteiger charge is -2.26. The molecule has 294 valence electrons. The number of alkyl halides is 3. The van der Waals surface area contributed by atoms with Crippen molar-refractivity contribution in [3.63, 3.8) is 0 Å². The molecule has 3 aromatic carbocycles. The van der Waals surface area contributed by atoms with Crippen LogP contribution in [0.1, 0.15) is 66.0 Å². The minimum atomic E-state index is -4.79. The Morgan fingerprint density at radius 3 is 2.50 bits per heavy atom. The molecule has 1 saturated carbocycles. The third kappa shape index (κ3) is 6.94. The van der Waals surface area contributed by atoms with Crippen LogP contribution in [0.3, 0.4) is 0 Å². The number of fused-ring (bicyclic) bond motifs is 2. The Balaban J connectivity index is 1.04. The van der Waals surface area contributed by atoms with Gasteiger partial charge >= 0.3 is 12.1 Å². The number of halogens is 4. The number of carboxylic acid groups (broad SMARTS) is 1. The maximum atomic E-state index is 14.6. The molecule has 10 nitrogen and oxygen atoms in total. The molecule has 0 radical (unpaired) electrons. The van der Waals surface area contributed by atoms with Crippen molar-refractivity contribution in [3.05, 3.63) is 93.5 Å². The van der Waals surface area contributed by atoms with E-state index in [4.69, 9.17) is 25.8 Å². The zero-order valence-electron chi connectivity index (χ0n) is 31.0. The van der Waals surface area contributed by atoms with Crippen LogP contribution >= 0.6 is 11.6 Å². The second-order valence-corrected chi connectivity index (χ2v) is 15.4. The number of pyridine rings is 1. The van der Waals surface area contributed by atoms with Gasteiger partial charge in [0.2, 0.25) is 17.7 Å². The summed E-state index contributed by atoms with van der Waals surface area (Å²) >= 11 is 7.16. The number of benzene rings is 3. The van der Waals surface area contributed by atoms with E-state index in [1.54, 1.807) is 12.0 Å². The van der Waals surface area contributed by atoms with E-state index in [0.29, 0.717) is 62.5 Å². The van der Waals surface area contributed by atoms with Gasteiger partial charge in [-0.25, -0.2) is 0 Å². The number of methoxy groups -OCH3 is 2. The SMILES string of the molecule is COc1cc(-c2cccc(-c3cccc4c3CC[C@@H]4Oc3nc(OC)c(CN4CC[C@@H]5C[C@@]54C(=O)O)cc3C(F)(F)F)c2Cl)ccc1CNC[C@@H]1CCC(=O)N1. The normalized spacial score (nSPS) is 22.8. The van der Waals surface area contributed by atoms with Gasteiger partial charge in [-0.2, -0.15) is 18.2 Å². The number of piperidine rings is 1. The Morgan fingerprint density at radius 2 is 1.79 bits per heavy atom. The molecule has 3 N–H and O–H groups in total. The molecule has 2 saturated heterocycles. The van der Waals surface area contributed by atoms with E-state index in [1.807, 2.05) is 54.6 Å². The van der Waals surface area contributed by atoms with Gasteiger partial charge in [0.1, 0.15) is 23.0 Å². The lowest BCUT2D eigenvalue weighted by atomic mass is 9.93. The molecule has 0 bridgehead atoms. The Labute approximate surface area is 327 Å². The third-order valence-corrected chi connectivity index (χ3v) is 12.2. The van der Waals surface area contributed by atoms with Gasteiger partial charge in [-0.15, -0.1) is 0 Å². The van der Waals surface area contributed by atoms with Gasteiger partial charge in [0.05, 0.1) is 19.2 Å². The maximum absolute atomic E-state index is 14.6. The highest BCUT2D eigenvalue weighted by Gasteiger charge is 2.67.